The summed E-state index contributed by atoms with van der Waals surface area (Å²) in [6.07, 6.45) is 5.02. The summed E-state index contributed by atoms with van der Waals surface area (Å²) in [5.41, 5.74) is 1.08. The van der Waals surface area contributed by atoms with Crippen LogP contribution in [-0.4, -0.2) is 77.4 Å². The summed E-state index contributed by atoms with van der Waals surface area (Å²) >= 11 is 6.23. The summed E-state index contributed by atoms with van der Waals surface area (Å²) in [5.74, 6) is 2.41. The number of nitrogens with one attached hydrogen (secondary N) is 1. The number of hydrogen-bond donors (Lipinski definition) is 1. The molecule has 3 aromatic rings. The molecule has 0 spiro atoms. The number of amides is 1. The molecule has 1 aromatic heterocycles. The van der Waals surface area contributed by atoms with Crippen LogP contribution in [-0.2, 0) is 4.74 Å². The van der Waals surface area contributed by atoms with Crippen molar-refractivity contribution in [3.63, 3.8) is 0 Å². The number of carbonyl (C=O) groups is 1. The van der Waals surface area contributed by atoms with Crippen molar-refractivity contribution in [2.24, 2.45) is 5.92 Å². The third-order valence-corrected chi connectivity index (χ3v) is 7.71. The molecule has 0 aliphatic carbocycles. The number of benzene rings is 2. The molecular weight excluding hydrogens is 542 g/mol. The van der Waals surface area contributed by atoms with Crippen LogP contribution in [0.3, 0.4) is 0 Å². The van der Waals surface area contributed by atoms with Crippen LogP contribution in [0.15, 0.2) is 42.7 Å². The third-order valence-electron chi connectivity index (χ3n) is 7.47. The van der Waals surface area contributed by atoms with E-state index in [0.29, 0.717) is 48.0 Å². The Morgan fingerprint density at radius 2 is 1.80 bits per heavy atom. The van der Waals surface area contributed by atoms with Crippen molar-refractivity contribution in [3.05, 3.63) is 47.7 Å². The molecular formula is C31H40ClN5O4. The molecule has 2 aromatic carbocycles. The topological polar surface area (TPSA) is 89.1 Å². The molecule has 0 saturated carbocycles. The minimum Gasteiger partial charge on any atom is -0.493 e. The first-order chi connectivity index (χ1) is 19.6. The molecule has 0 unspecified atom stereocenters. The van der Waals surface area contributed by atoms with Crippen LogP contribution in [0.2, 0.25) is 5.02 Å². The molecule has 0 bridgehead atoms. The quantitative estimate of drug-likeness (QED) is 0.337. The number of piperidine rings is 2. The number of carbonyl (C=O) groups excluding carboxylic acids is 1. The first-order valence-electron chi connectivity index (χ1n) is 14.4. The maximum Gasteiger partial charge on any atom is 0.410 e. The monoisotopic (exact) mass is 581 g/mol. The number of rotatable bonds is 7. The number of nitrogens with zero attached hydrogens (tertiary/aromatic N) is 4. The Hall–Kier alpha value is -3.30. The van der Waals surface area contributed by atoms with E-state index in [1.165, 1.54) is 0 Å². The van der Waals surface area contributed by atoms with E-state index >= 15 is 0 Å². The molecule has 2 saturated heterocycles. The zero-order valence-electron chi connectivity index (χ0n) is 24.4. The molecule has 220 valence electrons. The fourth-order valence-corrected chi connectivity index (χ4v) is 5.40. The normalized spacial score (nSPS) is 17.4. The van der Waals surface area contributed by atoms with Gasteiger partial charge in [0.2, 0.25) is 0 Å². The van der Waals surface area contributed by atoms with Gasteiger partial charge in [-0.2, -0.15) is 0 Å². The molecule has 0 radical (unpaired) electrons. The van der Waals surface area contributed by atoms with E-state index in [9.17, 15) is 4.79 Å². The maximum atomic E-state index is 12.4. The van der Waals surface area contributed by atoms with Gasteiger partial charge < -0.3 is 29.3 Å². The highest BCUT2D eigenvalue weighted by molar-refractivity contribution is 6.30. The smallest absolute Gasteiger partial charge is 0.410 e. The molecule has 5 rings (SSSR count). The van der Waals surface area contributed by atoms with Gasteiger partial charge in [-0.05, 0) is 77.6 Å². The van der Waals surface area contributed by atoms with E-state index in [-0.39, 0.29) is 12.2 Å². The predicted octanol–water partition coefficient (Wildman–Crippen LogP) is 6.53. The van der Waals surface area contributed by atoms with Crippen LogP contribution in [0.4, 0.5) is 16.3 Å². The van der Waals surface area contributed by atoms with Crippen LogP contribution in [0.25, 0.3) is 10.9 Å². The van der Waals surface area contributed by atoms with Crippen LogP contribution >= 0.6 is 11.6 Å². The molecule has 3 heterocycles. The van der Waals surface area contributed by atoms with Gasteiger partial charge in [-0.3, -0.25) is 0 Å². The van der Waals surface area contributed by atoms with Crippen molar-refractivity contribution in [1.82, 2.24) is 19.8 Å². The SMILES string of the molecule is CN1CCC(Oc2cc(OCC3CCN(C(=O)OC(C)(C)C)CC3)cc3ncnc(Nc4cccc(Cl)c4)c23)CC1. The summed E-state index contributed by atoms with van der Waals surface area (Å²) in [7, 11) is 2.14. The highest BCUT2D eigenvalue weighted by Gasteiger charge is 2.27. The summed E-state index contributed by atoms with van der Waals surface area (Å²) in [6.45, 7) is 9.53. The number of halogens is 1. The molecule has 2 aliphatic heterocycles. The van der Waals surface area contributed by atoms with Gasteiger partial charge in [0, 0.05) is 49.0 Å². The van der Waals surface area contributed by atoms with Gasteiger partial charge in [0.15, 0.2) is 0 Å². The standard InChI is InChI=1S/C31H40ClN5O4/c1-31(2,3)41-30(38)37-14-8-21(9-15-37)19-39-25-17-26-28(27(18-25)40-24-10-12-36(4)13-11-24)29(34-20-33-26)35-23-7-5-6-22(32)16-23/h5-7,16-18,20-21,24H,8-15,19H2,1-4H3,(H,33,34,35). The third kappa shape index (κ3) is 7.92. The van der Waals surface area contributed by atoms with Crippen molar-refractivity contribution in [2.75, 3.05) is 45.2 Å². The van der Waals surface area contributed by atoms with Gasteiger partial charge in [0.25, 0.3) is 0 Å². The summed E-state index contributed by atoms with van der Waals surface area (Å²) in [6, 6.07) is 11.4. The summed E-state index contributed by atoms with van der Waals surface area (Å²) in [5, 5.41) is 4.85. The van der Waals surface area contributed by atoms with Crippen LogP contribution in [0.5, 0.6) is 11.5 Å². The molecule has 0 atom stereocenters. The second kappa shape index (κ2) is 12.7. The van der Waals surface area contributed by atoms with Gasteiger partial charge in [-0.1, -0.05) is 17.7 Å². The van der Waals surface area contributed by atoms with E-state index in [2.05, 4.69) is 27.2 Å². The zero-order chi connectivity index (χ0) is 29.0. The van der Waals surface area contributed by atoms with Gasteiger partial charge in [0.1, 0.15) is 35.3 Å². The predicted molar refractivity (Wildman–Crippen MR) is 161 cm³/mol. The average Bonchev–Trinajstić information content (AvgIpc) is 2.92. The Kier molecular flexibility index (Phi) is 9.04. The molecule has 41 heavy (non-hydrogen) atoms. The Balaban J connectivity index is 1.32. The van der Waals surface area contributed by atoms with E-state index in [4.69, 9.17) is 25.8 Å². The van der Waals surface area contributed by atoms with Crippen molar-refractivity contribution in [1.29, 1.82) is 0 Å². The maximum absolute atomic E-state index is 12.4. The molecule has 9 nitrogen and oxygen atoms in total. The zero-order valence-corrected chi connectivity index (χ0v) is 25.1. The molecule has 1 N–H and O–H groups in total. The highest BCUT2D eigenvalue weighted by Crippen LogP contribution is 2.37. The second-order valence-electron chi connectivity index (χ2n) is 12.0. The largest absolute Gasteiger partial charge is 0.493 e. The molecule has 2 fully saturated rings. The number of fused-ring (bicyclic) bond motifs is 1. The van der Waals surface area contributed by atoms with Gasteiger partial charge in [-0.25, -0.2) is 14.8 Å². The minimum atomic E-state index is -0.493. The van der Waals surface area contributed by atoms with Crippen LogP contribution in [0, 0.1) is 5.92 Å². The first kappa shape index (κ1) is 29.2. The van der Waals surface area contributed by atoms with Crippen molar-refractivity contribution in [2.45, 2.75) is 58.2 Å². The Bertz CT molecular complexity index is 1350. The lowest BCUT2D eigenvalue weighted by molar-refractivity contribution is 0.0164. The number of hydrogen-bond acceptors (Lipinski definition) is 8. The van der Waals surface area contributed by atoms with E-state index in [1.807, 2.05) is 57.2 Å². The lowest BCUT2D eigenvalue weighted by Gasteiger charge is -2.33. The Morgan fingerprint density at radius 1 is 1.05 bits per heavy atom. The van der Waals surface area contributed by atoms with Crippen LogP contribution in [0.1, 0.15) is 46.5 Å². The highest BCUT2D eigenvalue weighted by atomic mass is 35.5. The second-order valence-corrected chi connectivity index (χ2v) is 12.5. The van der Waals surface area contributed by atoms with E-state index < -0.39 is 5.60 Å². The Labute approximate surface area is 247 Å². The number of ether oxygens (including phenoxy) is 3. The molecule has 1 amide bonds. The Morgan fingerprint density at radius 3 is 2.51 bits per heavy atom. The van der Waals surface area contributed by atoms with E-state index in [1.54, 1.807) is 11.2 Å². The fourth-order valence-electron chi connectivity index (χ4n) is 5.21. The van der Waals surface area contributed by atoms with Gasteiger partial charge in [0.05, 0.1) is 17.5 Å². The van der Waals surface area contributed by atoms with Gasteiger partial charge in [-0.15, -0.1) is 0 Å². The number of aromatic nitrogens is 2. The minimum absolute atomic E-state index is 0.0982. The van der Waals surface area contributed by atoms with Crippen molar-refractivity contribution < 1.29 is 19.0 Å². The molecule has 10 heteroatoms. The lowest BCUT2D eigenvalue weighted by atomic mass is 9.98. The summed E-state index contributed by atoms with van der Waals surface area (Å²) in [4.78, 5) is 25.7. The van der Waals surface area contributed by atoms with Gasteiger partial charge >= 0.3 is 6.09 Å². The van der Waals surface area contributed by atoms with Crippen molar-refractivity contribution >= 4 is 40.1 Å². The van der Waals surface area contributed by atoms with Crippen LogP contribution < -0.4 is 14.8 Å². The number of anilines is 2. The number of likely N-dealkylation sites (tertiary alicyclic amines) is 2. The summed E-state index contributed by atoms with van der Waals surface area (Å²) < 4.78 is 18.5. The van der Waals surface area contributed by atoms with Crippen molar-refractivity contribution in [3.8, 4) is 11.5 Å². The lowest BCUT2D eigenvalue weighted by Crippen LogP contribution is -2.42. The average molecular weight is 582 g/mol. The molecule has 2 aliphatic rings. The first-order valence-corrected chi connectivity index (χ1v) is 14.8. The fraction of sp³-hybridized carbons (Fsp3) is 0.516. The van der Waals surface area contributed by atoms with E-state index in [0.717, 1.165) is 55.4 Å².